The van der Waals surface area contributed by atoms with Gasteiger partial charge in [0.15, 0.2) is 6.61 Å². The number of carbonyl (C=O) groups is 1. The summed E-state index contributed by atoms with van der Waals surface area (Å²) in [5.41, 5.74) is 6.86. The molecule has 0 saturated carbocycles. The maximum Gasteiger partial charge on any atom is 0.255 e. The lowest BCUT2D eigenvalue weighted by Gasteiger charge is -2.08. The summed E-state index contributed by atoms with van der Waals surface area (Å²) >= 11 is 0. The molecule has 7 heteroatoms. The lowest BCUT2D eigenvalue weighted by Crippen LogP contribution is -2.20. The molecule has 1 aromatic heterocycles. The third-order valence-corrected chi connectivity index (χ3v) is 2.50. The highest BCUT2D eigenvalue weighted by atomic mass is 16.5. The molecule has 2 rings (SSSR count). The summed E-state index contributed by atoms with van der Waals surface area (Å²) in [6.45, 7) is 0.470. The number of amides is 1. The predicted molar refractivity (Wildman–Crippen MR) is 69.5 cm³/mol. The minimum absolute atomic E-state index is 0.130. The van der Waals surface area contributed by atoms with Crippen LogP contribution in [0.4, 0.5) is 5.69 Å². The van der Waals surface area contributed by atoms with E-state index in [0.717, 1.165) is 11.4 Å². The summed E-state index contributed by atoms with van der Waals surface area (Å²) in [5, 5.41) is 10.9. The number of primary amides is 1. The zero-order valence-electron chi connectivity index (χ0n) is 10.5. The van der Waals surface area contributed by atoms with Crippen LogP contribution in [0.2, 0.25) is 0 Å². The van der Waals surface area contributed by atoms with Crippen molar-refractivity contribution in [3.05, 3.63) is 36.2 Å². The Morgan fingerprint density at radius 2 is 2.37 bits per heavy atom. The van der Waals surface area contributed by atoms with E-state index in [-0.39, 0.29) is 6.61 Å². The Bertz CT molecular complexity index is 567. The zero-order valence-corrected chi connectivity index (χ0v) is 10.5. The molecule has 0 aliphatic rings. The molecule has 0 fully saturated rings. The molecule has 100 valence electrons. The lowest BCUT2D eigenvalue weighted by atomic mass is 10.3. The summed E-state index contributed by atoms with van der Waals surface area (Å²) in [6.07, 6.45) is 1.69. The fraction of sp³-hybridized carbons (Fsp3) is 0.250. The highest BCUT2D eigenvalue weighted by Crippen LogP contribution is 2.17. The quantitative estimate of drug-likeness (QED) is 0.779. The molecule has 1 heterocycles. The number of nitrogens with one attached hydrogen (secondary N) is 1. The number of nitrogens with two attached hydrogens (primary N) is 1. The standard InChI is InChI=1S/C12H15N5O2/c1-17-10(7-15-16-17)6-14-9-3-2-4-11(5-9)19-8-12(13)18/h2-5,7,14H,6,8H2,1H3,(H2,13,18). The third kappa shape index (κ3) is 3.70. The van der Waals surface area contributed by atoms with Gasteiger partial charge in [-0.25, -0.2) is 0 Å². The predicted octanol–water partition coefficient (Wildman–Crippen LogP) is 0.291. The SMILES string of the molecule is Cn1nncc1CNc1cccc(OCC(N)=O)c1. The topological polar surface area (TPSA) is 95.1 Å². The Kier molecular flexibility index (Phi) is 3.97. The highest BCUT2D eigenvalue weighted by molar-refractivity contribution is 5.75. The molecule has 3 N–H and O–H groups in total. The van der Waals surface area contributed by atoms with Crippen molar-refractivity contribution in [2.24, 2.45) is 12.8 Å². The van der Waals surface area contributed by atoms with Crippen LogP contribution in [0.3, 0.4) is 0 Å². The van der Waals surface area contributed by atoms with Gasteiger partial charge in [-0.15, -0.1) is 5.10 Å². The molecule has 1 amide bonds. The summed E-state index contributed by atoms with van der Waals surface area (Å²) in [5.74, 6) is 0.0891. The van der Waals surface area contributed by atoms with Gasteiger partial charge in [0.05, 0.1) is 18.4 Å². The summed E-state index contributed by atoms with van der Waals surface area (Å²) < 4.78 is 6.92. The molecule has 1 aromatic carbocycles. The Labute approximate surface area is 110 Å². The van der Waals surface area contributed by atoms with E-state index in [9.17, 15) is 4.79 Å². The van der Waals surface area contributed by atoms with E-state index < -0.39 is 5.91 Å². The van der Waals surface area contributed by atoms with Crippen molar-refractivity contribution < 1.29 is 9.53 Å². The molecule has 0 spiro atoms. The molecular formula is C12H15N5O2. The van der Waals surface area contributed by atoms with Crippen LogP contribution in [-0.2, 0) is 18.4 Å². The van der Waals surface area contributed by atoms with E-state index in [2.05, 4.69) is 15.6 Å². The Hall–Kier alpha value is -2.57. The molecule has 0 bridgehead atoms. The number of carbonyl (C=O) groups excluding carboxylic acids is 1. The van der Waals surface area contributed by atoms with Gasteiger partial charge in [-0.3, -0.25) is 9.48 Å². The molecule has 2 aromatic rings. The van der Waals surface area contributed by atoms with Crippen LogP contribution >= 0.6 is 0 Å². The second-order valence-electron chi connectivity index (χ2n) is 3.99. The monoisotopic (exact) mass is 261 g/mol. The second kappa shape index (κ2) is 5.85. The number of hydrogen-bond acceptors (Lipinski definition) is 5. The van der Waals surface area contributed by atoms with E-state index in [1.54, 1.807) is 23.0 Å². The summed E-state index contributed by atoms with van der Waals surface area (Å²) in [6, 6.07) is 7.30. The molecule has 0 saturated heterocycles. The van der Waals surface area contributed by atoms with Crippen LogP contribution in [0.1, 0.15) is 5.69 Å². The van der Waals surface area contributed by atoms with Crippen molar-refractivity contribution in [1.82, 2.24) is 15.0 Å². The summed E-state index contributed by atoms with van der Waals surface area (Å²) in [7, 11) is 1.83. The molecule has 0 aliphatic carbocycles. The molecule has 0 unspecified atom stereocenters. The van der Waals surface area contributed by atoms with Gasteiger partial charge in [0.25, 0.3) is 5.91 Å². The first kappa shape index (κ1) is 12.9. The van der Waals surface area contributed by atoms with Gasteiger partial charge in [0, 0.05) is 18.8 Å². The lowest BCUT2D eigenvalue weighted by molar-refractivity contribution is -0.119. The Morgan fingerprint density at radius 1 is 1.53 bits per heavy atom. The fourth-order valence-corrected chi connectivity index (χ4v) is 1.51. The number of aryl methyl sites for hydroxylation is 1. The Morgan fingerprint density at radius 3 is 3.05 bits per heavy atom. The largest absolute Gasteiger partial charge is 0.484 e. The van der Waals surface area contributed by atoms with Gasteiger partial charge in [0.2, 0.25) is 0 Å². The van der Waals surface area contributed by atoms with Crippen LogP contribution in [0, 0.1) is 0 Å². The van der Waals surface area contributed by atoms with Gasteiger partial charge in [-0.1, -0.05) is 11.3 Å². The van der Waals surface area contributed by atoms with Crippen molar-refractivity contribution in [3.63, 3.8) is 0 Å². The van der Waals surface area contributed by atoms with Crippen LogP contribution in [0.25, 0.3) is 0 Å². The minimum Gasteiger partial charge on any atom is -0.484 e. The van der Waals surface area contributed by atoms with Crippen LogP contribution in [0.5, 0.6) is 5.75 Å². The number of nitrogens with zero attached hydrogens (tertiary/aromatic N) is 3. The summed E-state index contributed by atoms with van der Waals surface area (Å²) in [4.78, 5) is 10.6. The van der Waals surface area contributed by atoms with Crippen LogP contribution in [0.15, 0.2) is 30.5 Å². The van der Waals surface area contributed by atoms with Gasteiger partial charge in [0.1, 0.15) is 5.75 Å². The molecule has 19 heavy (non-hydrogen) atoms. The van der Waals surface area contributed by atoms with Gasteiger partial charge in [-0.2, -0.15) is 0 Å². The van der Waals surface area contributed by atoms with E-state index in [0.29, 0.717) is 12.3 Å². The molecule has 0 radical (unpaired) electrons. The molecular weight excluding hydrogens is 246 g/mol. The van der Waals surface area contributed by atoms with E-state index in [1.165, 1.54) is 0 Å². The molecule has 0 aliphatic heterocycles. The van der Waals surface area contributed by atoms with Crippen LogP contribution < -0.4 is 15.8 Å². The van der Waals surface area contributed by atoms with Crippen LogP contribution in [-0.4, -0.2) is 27.5 Å². The third-order valence-electron chi connectivity index (χ3n) is 2.50. The van der Waals surface area contributed by atoms with E-state index in [4.69, 9.17) is 10.5 Å². The van der Waals surface area contributed by atoms with Gasteiger partial charge < -0.3 is 15.8 Å². The number of rotatable bonds is 6. The number of ether oxygens (including phenoxy) is 1. The van der Waals surface area contributed by atoms with E-state index >= 15 is 0 Å². The average molecular weight is 261 g/mol. The van der Waals surface area contributed by atoms with Gasteiger partial charge >= 0.3 is 0 Å². The first-order valence-electron chi connectivity index (χ1n) is 5.74. The normalized spacial score (nSPS) is 10.2. The maximum atomic E-state index is 10.6. The minimum atomic E-state index is -0.501. The maximum absolute atomic E-state index is 10.6. The number of hydrogen-bond donors (Lipinski definition) is 2. The van der Waals surface area contributed by atoms with Crippen molar-refractivity contribution >= 4 is 11.6 Å². The first-order valence-corrected chi connectivity index (χ1v) is 5.74. The Balaban J connectivity index is 1.95. The van der Waals surface area contributed by atoms with Gasteiger partial charge in [-0.05, 0) is 12.1 Å². The number of anilines is 1. The highest BCUT2D eigenvalue weighted by Gasteiger charge is 2.02. The van der Waals surface area contributed by atoms with Crippen molar-refractivity contribution in [1.29, 1.82) is 0 Å². The number of benzene rings is 1. The number of aromatic nitrogens is 3. The van der Waals surface area contributed by atoms with Crippen molar-refractivity contribution in [2.45, 2.75) is 6.54 Å². The zero-order chi connectivity index (χ0) is 13.7. The van der Waals surface area contributed by atoms with Crippen molar-refractivity contribution in [2.75, 3.05) is 11.9 Å². The van der Waals surface area contributed by atoms with E-state index in [1.807, 2.05) is 19.2 Å². The first-order chi connectivity index (χ1) is 9.15. The molecule has 7 nitrogen and oxygen atoms in total. The van der Waals surface area contributed by atoms with Crippen molar-refractivity contribution in [3.8, 4) is 5.75 Å². The molecule has 0 atom stereocenters. The smallest absolute Gasteiger partial charge is 0.255 e. The average Bonchev–Trinajstić information content (AvgIpc) is 2.80. The fourth-order valence-electron chi connectivity index (χ4n) is 1.51. The second-order valence-corrected chi connectivity index (χ2v) is 3.99.